The minimum absolute atomic E-state index is 0.129. The molecule has 3 atom stereocenters. The lowest BCUT2D eigenvalue weighted by molar-refractivity contribution is 0.130. The lowest BCUT2D eigenvalue weighted by Gasteiger charge is -2.19. The molecule has 2 N–H and O–H groups in total. The van der Waals surface area contributed by atoms with Crippen LogP contribution in [0, 0.1) is 5.92 Å². The number of hydrogen-bond donors (Lipinski definition) is 2. The summed E-state index contributed by atoms with van der Waals surface area (Å²) in [5.41, 5.74) is 2.21. The van der Waals surface area contributed by atoms with Crippen molar-refractivity contribution in [3.63, 3.8) is 0 Å². The summed E-state index contributed by atoms with van der Waals surface area (Å²) in [6.45, 7) is 3.01. The van der Waals surface area contributed by atoms with E-state index in [-0.39, 0.29) is 12.1 Å². The van der Waals surface area contributed by atoms with E-state index in [1.807, 2.05) is 18.2 Å². The SMILES string of the molecule is CC(NCC1CCCC1O)c1nc2ccccc2n1C. The fraction of sp³-hybridized carbons (Fsp3) is 0.562. The van der Waals surface area contributed by atoms with Gasteiger partial charge in [0.05, 0.1) is 23.2 Å². The number of imidazole rings is 1. The van der Waals surface area contributed by atoms with Crippen molar-refractivity contribution in [2.45, 2.75) is 38.3 Å². The molecule has 4 nitrogen and oxygen atoms in total. The highest BCUT2D eigenvalue weighted by atomic mass is 16.3. The molecular weight excluding hydrogens is 250 g/mol. The van der Waals surface area contributed by atoms with Crippen molar-refractivity contribution >= 4 is 11.0 Å². The Balaban J connectivity index is 1.72. The molecule has 1 aliphatic rings. The Hall–Kier alpha value is -1.39. The first-order valence-corrected chi connectivity index (χ1v) is 7.49. The number of hydrogen-bond acceptors (Lipinski definition) is 3. The molecule has 1 fully saturated rings. The Morgan fingerprint density at radius 3 is 2.90 bits per heavy atom. The zero-order valence-electron chi connectivity index (χ0n) is 12.2. The molecule has 0 radical (unpaired) electrons. The lowest BCUT2D eigenvalue weighted by Crippen LogP contribution is -2.30. The molecular formula is C16H23N3O. The summed E-state index contributed by atoms with van der Waals surface area (Å²) in [6.07, 6.45) is 3.10. The van der Waals surface area contributed by atoms with Gasteiger partial charge in [-0.25, -0.2) is 4.98 Å². The maximum atomic E-state index is 9.88. The van der Waals surface area contributed by atoms with Crippen molar-refractivity contribution in [1.82, 2.24) is 14.9 Å². The summed E-state index contributed by atoms with van der Waals surface area (Å²) in [5.74, 6) is 1.45. The highest BCUT2D eigenvalue weighted by molar-refractivity contribution is 5.75. The van der Waals surface area contributed by atoms with Crippen LogP contribution in [-0.2, 0) is 7.05 Å². The van der Waals surface area contributed by atoms with E-state index in [0.29, 0.717) is 5.92 Å². The van der Waals surface area contributed by atoms with Crippen LogP contribution in [0.25, 0.3) is 11.0 Å². The number of nitrogens with one attached hydrogen (secondary N) is 1. The maximum absolute atomic E-state index is 9.88. The Morgan fingerprint density at radius 1 is 1.40 bits per heavy atom. The monoisotopic (exact) mass is 273 g/mol. The third kappa shape index (κ3) is 2.45. The van der Waals surface area contributed by atoms with Crippen LogP contribution in [0.4, 0.5) is 0 Å². The van der Waals surface area contributed by atoms with Crippen molar-refractivity contribution in [3.8, 4) is 0 Å². The fourth-order valence-electron chi connectivity index (χ4n) is 3.23. The first-order chi connectivity index (χ1) is 9.66. The zero-order chi connectivity index (χ0) is 14.1. The smallest absolute Gasteiger partial charge is 0.126 e. The predicted octanol–water partition coefficient (Wildman–Crippen LogP) is 2.38. The molecule has 1 heterocycles. The third-order valence-electron chi connectivity index (χ3n) is 4.51. The predicted molar refractivity (Wildman–Crippen MR) is 80.5 cm³/mol. The van der Waals surface area contributed by atoms with Gasteiger partial charge >= 0.3 is 0 Å². The van der Waals surface area contributed by atoms with Gasteiger partial charge in [0, 0.05) is 13.6 Å². The largest absolute Gasteiger partial charge is 0.393 e. The van der Waals surface area contributed by atoms with Gasteiger partial charge in [0.15, 0.2) is 0 Å². The van der Waals surface area contributed by atoms with Crippen LogP contribution < -0.4 is 5.32 Å². The second-order valence-corrected chi connectivity index (χ2v) is 5.91. The van der Waals surface area contributed by atoms with Crippen LogP contribution in [0.15, 0.2) is 24.3 Å². The van der Waals surface area contributed by atoms with Gasteiger partial charge in [-0.1, -0.05) is 18.6 Å². The summed E-state index contributed by atoms with van der Waals surface area (Å²) in [7, 11) is 2.06. The Kier molecular flexibility index (Phi) is 3.76. The maximum Gasteiger partial charge on any atom is 0.126 e. The Bertz CT molecular complexity index is 592. The minimum atomic E-state index is -0.129. The number of nitrogens with zero attached hydrogens (tertiary/aromatic N) is 2. The Labute approximate surface area is 119 Å². The average Bonchev–Trinajstić information content (AvgIpc) is 3.01. The summed E-state index contributed by atoms with van der Waals surface area (Å²) in [6, 6.07) is 8.40. The van der Waals surface area contributed by atoms with Gasteiger partial charge in [-0.2, -0.15) is 0 Å². The molecule has 4 heteroatoms. The quantitative estimate of drug-likeness (QED) is 0.899. The molecule has 0 aliphatic heterocycles. The van der Waals surface area contributed by atoms with E-state index < -0.39 is 0 Å². The van der Waals surface area contributed by atoms with Crippen molar-refractivity contribution in [1.29, 1.82) is 0 Å². The van der Waals surface area contributed by atoms with E-state index in [9.17, 15) is 5.11 Å². The standard InChI is InChI=1S/C16H23N3O/c1-11(17-10-12-6-5-9-15(12)20)16-18-13-7-3-4-8-14(13)19(16)2/h3-4,7-8,11-12,15,17,20H,5-6,9-10H2,1-2H3. The Morgan fingerprint density at radius 2 is 2.20 bits per heavy atom. The van der Waals surface area contributed by atoms with Crippen LogP contribution in [0.5, 0.6) is 0 Å². The number of aliphatic hydroxyl groups excluding tert-OH is 1. The molecule has 1 saturated carbocycles. The molecule has 1 aromatic carbocycles. The van der Waals surface area contributed by atoms with Gasteiger partial charge in [0.1, 0.15) is 5.82 Å². The summed E-state index contributed by atoms with van der Waals surface area (Å²) >= 11 is 0. The molecule has 0 spiro atoms. The number of aromatic nitrogens is 2. The summed E-state index contributed by atoms with van der Waals surface area (Å²) < 4.78 is 2.15. The number of rotatable bonds is 4. The normalized spacial score (nSPS) is 24.4. The highest BCUT2D eigenvalue weighted by Gasteiger charge is 2.25. The number of aliphatic hydroxyl groups is 1. The minimum Gasteiger partial charge on any atom is -0.393 e. The van der Waals surface area contributed by atoms with Gasteiger partial charge in [0.25, 0.3) is 0 Å². The molecule has 1 aliphatic carbocycles. The topological polar surface area (TPSA) is 50.1 Å². The molecule has 0 amide bonds. The highest BCUT2D eigenvalue weighted by Crippen LogP contribution is 2.26. The number of para-hydroxylation sites is 2. The van der Waals surface area contributed by atoms with Crippen molar-refractivity contribution < 1.29 is 5.11 Å². The first-order valence-electron chi connectivity index (χ1n) is 7.49. The van der Waals surface area contributed by atoms with Crippen LogP contribution in [0.1, 0.15) is 38.1 Å². The third-order valence-corrected chi connectivity index (χ3v) is 4.51. The van der Waals surface area contributed by atoms with Crippen LogP contribution in [-0.4, -0.2) is 27.3 Å². The molecule has 0 bridgehead atoms. The van der Waals surface area contributed by atoms with Gasteiger partial charge < -0.3 is 15.0 Å². The molecule has 3 unspecified atom stereocenters. The van der Waals surface area contributed by atoms with Crippen LogP contribution in [0.3, 0.4) is 0 Å². The molecule has 1 aromatic heterocycles. The molecule has 3 rings (SSSR count). The van der Waals surface area contributed by atoms with E-state index in [1.54, 1.807) is 0 Å². The van der Waals surface area contributed by atoms with E-state index in [2.05, 4.69) is 29.9 Å². The summed E-state index contributed by atoms with van der Waals surface area (Å²) in [4.78, 5) is 4.71. The van der Waals surface area contributed by atoms with E-state index in [1.165, 1.54) is 0 Å². The van der Waals surface area contributed by atoms with Gasteiger partial charge in [-0.15, -0.1) is 0 Å². The van der Waals surface area contributed by atoms with E-state index in [0.717, 1.165) is 42.7 Å². The van der Waals surface area contributed by atoms with Gasteiger partial charge in [0.2, 0.25) is 0 Å². The molecule has 2 aromatic rings. The van der Waals surface area contributed by atoms with Crippen LogP contribution >= 0.6 is 0 Å². The number of fused-ring (bicyclic) bond motifs is 1. The van der Waals surface area contributed by atoms with E-state index >= 15 is 0 Å². The molecule has 108 valence electrons. The average molecular weight is 273 g/mol. The van der Waals surface area contributed by atoms with Crippen LogP contribution in [0.2, 0.25) is 0 Å². The van der Waals surface area contributed by atoms with Crippen molar-refractivity contribution in [3.05, 3.63) is 30.1 Å². The second-order valence-electron chi connectivity index (χ2n) is 5.91. The number of aryl methyl sites for hydroxylation is 1. The zero-order valence-corrected chi connectivity index (χ0v) is 12.2. The number of benzene rings is 1. The van der Waals surface area contributed by atoms with Gasteiger partial charge in [-0.05, 0) is 37.8 Å². The summed E-state index contributed by atoms with van der Waals surface area (Å²) in [5, 5.41) is 13.4. The molecule has 20 heavy (non-hydrogen) atoms. The fourth-order valence-corrected chi connectivity index (χ4v) is 3.23. The second kappa shape index (κ2) is 5.54. The lowest BCUT2D eigenvalue weighted by atomic mass is 10.1. The molecule has 0 saturated heterocycles. The van der Waals surface area contributed by atoms with E-state index in [4.69, 9.17) is 4.98 Å². The van der Waals surface area contributed by atoms with Crippen molar-refractivity contribution in [2.24, 2.45) is 13.0 Å². The van der Waals surface area contributed by atoms with Crippen molar-refractivity contribution in [2.75, 3.05) is 6.54 Å². The first kappa shape index (κ1) is 13.6. The van der Waals surface area contributed by atoms with Gasteiger partial charge in [-0.3, -0.25) is 0 Å².